The Morgan fingerprint density at radius 1 is 1.17 bits per heavy atom. The van der Waals surface area contributed by atoms with E-state index in [1.54, 1.807) is 12.5 Å². The molecule has 0 saturated heterocycles. The van der Waals surface area contributed by atoms with Gasteiger partial charge in [-0.3, -0.25) is 9.78 Å². The third-order valence-electron chi connectivity index (χ3n) is 3.99. The summed E-state index contributed by atoms with van der Waals surface area (Å²) in [6.45, 7) is 2.50. The minimum Gasteiger partial charge on any atom is -0.463 e. The summed E-state index contributed by atoms with van der Waals surface area (Å²) in [7, 11) is 0. The van der Waals surface area contributed by atoms with E-state index in [0.29, 0.717) is 6.54 Å². The number of furan rings is 1. The summed E-state index contributed by atoms with van der Waals surface area (Å²) in [5, 5.41) is 3.02. The van der Waals surface area contributed by atoms with Gasteiger partial charge in [0, 0.05) is 12.7 Å². The van der Waals surface area contributed by atoms with Crippen LogP contribution in [0.5, 0.6) is 0 Å². The molecule has 0 bridgehead atoms. The van der Waals surface area contributed by atoms with Gasteiger partial charge < -0.3 is 9.73 Å². The SMILES string of the molecule is CC[C@H](C(=O)NCc1ccnc(-c2ccco2)c1)c1ccccc1. The summed E-state index contributed by atoms with van der Waals surface area (Å²) in [5.41, 5.74) is 2.80. The van der Waals surface area contributed by atoms with Gasteiger partial charge in [-0.15, -0.1) is 0 Å². The number of amides is 1. The summed E-state index contributed by atoms with van der Waals surface area (Å²) < 4.78 is 5.36. The maximum atomic E-state index is 12.5. The summed E-state index contributed by atoms with van der Waals surface area (Å²) in [6.07, 6.45) is 4.12. The van der Waals surface area contributed by atoms with Crippen molar-refractivity contribution >= 4 is 5.91 Å². The van der Waals surface area contributed by atoms with Gasteiger partial charge in [-0.2, -0.15) is 0 Å². The number of pyridine rings is 1. The highest BCUT2D eigenvalue weighted by Crippen LogP contribution is 2.20. The van der Waals surface area contributed by atoms with Gasteiger partial charge in [0.2, 0.25) is 5.91 Å². The van der Waals surface area contributed by atoms with Gasteiger partial charge in [0.05, 0.1) is 12.2 Å². The highest BCUT2D eigenvalue weighted by molar-refractivity contribution is 5.83. The van der Waals surface area contributed by atoms with Crippen LogP contribution in [0.15, 0.2) is 71.5 Å². The van der Waals surface area contributed by atoms with Crippen LogP contribution in [0.25, 0.3) is 11.5 Å². The lowest BCUT2D eigenvalue weighted by Crippen LogP contribution is -2.28. The minimum atomic E-state index is -0.127. The number of hydrogen-bond acceptors (Lipinski definition) is 3. The molecule has 0 aliphatic carbocycles. The van der Waals surface area contributed by atoms with E-state index >= 15 is 0 Å². The molecular formula is C20H20N2O2. The molecule has 0 fully saturated rings. The third-order valence-corrected chi connectivity index (χ3v) is 3.99. The molecule has 0 aliphatic heterocycles. The Bertz CT molecular complexity index is 782. The average Bonchev–Trinajstić information content (AvgIpc) is 3.16. The Morgan fingerprint density at radius 2 is 2.00 bits per heavy atom. The highest BCUT2D eigenvalue weighted by atomic mass is 16.3. The lowest BCUT2D eigenvalue weighted by atomic mass is 9.95. The Morgan fingerprint density at radius 3 is 2.71 bits per heavy atom. The molecule has 0 spiro atoms. The second kappa shape index (κ2) is 7.59. The van der Waals surface area contributed by atoms with Crippen LogP contribution in [-0.2, 0) is 11.3 Å². The molecule has 4 nitrogen and oxygen atoms in total. The topological polar surface area (TPSA) is 55.1 Å². The van der Waals surface area contributed by atoms with Crippen LogP contribution >= 0.6 is 0 Å². The van der Waals surface area contributed by atoms with Crippen molar-refractivity contribution < 1.29 is 9.21 Å². The molecule has 1 N–H and O–H groups in total. The molecule has 3 aromatic rings. The largest absolute Gasteiger partial charge is 0.463 e. The van der Waals surface area contributed by atoms with Crippen molar-refractivity contribution in [3.63, 3.8) is 0 Å². The molecule has 0 radical (unpaired) electrons. The molecule has 4 heteroatoms. The maximum Gasteiger partial charge on any atom is 0.227 e. The standard InChI is InChI=1S/C20H20N2O2/c1-2-17(16-7-4-3-5-8-16)20(23)22-14-15-10-11-21-18(13-15)19-9-6-12-24-19/h3-13,17H,2,14H2,1H3,(H,22,23)/t17-/m0/s1. The summed E-state index contributed by atoms with van der Waals surface area (Å²) in [4.78, 5) is 16.8. The number of rotatable bonds is 6. The molecule has 1 amide bonds. The smallest absolute Gasteiger partial charge is 0.227 e. The number of carbonyl (C=O) groups excluding carboxylic acids is 1. The fourth-order valence-electron chi connectivity index (χ4n) is 2.71. The molecule has 0 unspecified atom stereocenters. The first kappa shape index (κ1) is 16.0. The Labute approximate surface area is 141 Å². The van der Waals surface area contributed by atoms with Crippen LogP contribution < -0.4 is 5.32 Å². The zero-order valence-corrected chi connectivity index (χ0v) is 13.6. The molecule has 24 heavy (non-hydrogen) atoms. The minimum absolute atomic E-state index is 0.0417. The van der Waals surface area contributed by atoms with Gasteiger partial charge in [0.15, 0.2) is 5.76 Å². The van der Waals surface area contributed by atoms with Gasteiger partial charge in [-0.1, -0.05) is 37.3 Å². The van der Waals surface area contributed by atoms with Crippen molar-refractivity contribution in [1.82, 2.24) is 10.3 Å². The lowest BCUT2D eigenvalue weighted by Gasteiger charge is -2.15. The van der Waals surface area contributed by atoms with Gasteiger partial charge in [-0.05, 0) is 41.8 Å². The summed E-state index contributed by atoms with van der Waals surface area (Å²) in [5.74, 6) is 0.636. The van der Waals surface area contributed by atoms with E-state index in [-0.39, 0.29) is 11.8 Å². The molecule has 0 aliphatic rings. The van der Waals surface area contributed by atoms with Crippen LogP contribution in [0.3, 0.4) is 0 Å². The zero-order chi connectivity index (χ0) is 16.8. The molecule has 1 atom stereocenters. The van der Waals surface area contributed by atoms with E-state index in [1.807, 2.05) is 61.5 Å². The van der Waals surface area contributed by atoms with Crippen LogP contribution in [0, 0.1) is 0 Å². The molecule has 2 aromatic heterocycles. The van der Waals surface area contributed by atoms with Crippen molar-refractivity contribution in [2.45, 2.75) is 25.8 Å². The number of benzene rings is 1. The van der Waals surface area contributed by atoms with Gasteiger partial charge in [0.25, 0.3) is 0 Å². The maximum absolute atomic E-state index is 12.5. The number of carbonyl (C=O) groups is 1. The molecule has 2 heterocycles. The monoisotopic (exact) mass is 320 g/mol. The van der Waals surface area contributed by atoms with Crippen LogP contribution in [0.4, 0.5) is 0 Å². The second-order valence-corrected chi connectivity index (χ2v) is 5.62. The van der Waals surface area contributed by atoms with Crippen LogP contribution in [0.1, 0.15) is 30.4 Å². The van der Waals surface area contributed by atoms with E-state index in [2.05, 4.69) is 10.3 Å². The van der Waals surface area contributed by atoms with Crippen molar-refractivity contribution in [3.8, 4) is 11.5 Å². The average molecular weight is 320 g/mol. The van der Waals surface area contributed by atoms with E-state index < -0.39 is 0 Å². The Hall–Kier alpha value is -2.88. The number of nitrogens with zero attached hydrogens (tertiary/aromatic N) is 1. The van der Waals surface area contributed by atoms with Crippen LogP contribution in [-0.4, -0.2) is 10.9 Å². The third kappa shape index (κ3) is 3.71. The quantitative estimate of drug-likeness (QED) is 0.742. The van der Waals surface area contributed by atoms with Gasteiger partial charge >= 0.3 is 0 Å². The molecule has 0 saturated carbocycles. The fourth-order valence-corrected chi connectivity index (χ4v) is 2.71. The normalized spacial score (nSPS) is 11.9. The van der Waals surface area contributed by atoms with Crippen molar-refractivity contribution in [3.05, 3.63) is 78.2 Å². The van der Waals surface area contributed by atoms with Crippen molar-refractivity contribution in [2.24, 2.45) is 0 Å². The van der Waals surface area contributed by atoms with E-state index in [1.165, 1.54) is 0 Å². The molecule has 122 valence electrons. The summed E-state index contributed by atoms with van der Waals surface area (Å²) >= 11 is 0. The predicted molar refractivity (Wildman–Crippen MR) is 93.3 cm³/mol. The molecule has 3 rings (SSSR count). The van der Waals surface area contributed by atoms with Crippen molar-refractivity contribution in [1.29, 1.82) is 0 Å². The van der Waals surface area contributed by atoms with Crippen molar-refractivity contribution in [2.75, 3.05) is 0 Å². The van der Waals surface area contributed by atoms with Gasteiger partial charge in [0.1, 0.15) is 5.69 Å². The van der Waals surface area contributed by atoms with Gasteiger partial charge in [-0.25, -0.2) is 0 Å². The first-order valence-corrected chi connectivity index (χ1v) is 8.09. The van der Waals surface area contributed by atoms with E-state index in [0.717, 1.165) is 29.0 Å². The molecule has 1 aromatic carbocycles. The van der Waals surface area contributed by atoms with E-state index in [9.17, 15) is 4.79 Å². The Kier molecular flexibility index (Phi) is 5.06. The second-order valence-electron chi connectivity index (χ2n) is 5.62. The first-order valence-electron chi connectivity index (χ1n) is 8.09. The number of aromatic nitrogens is 1. The molecular weight excluding hydrogens is 300 g/mol. The number of hydrogen-bond donors (Lipinski definition) is 1. The summed E-state index contributed by atoms with van der Waals surface area (Å²) in [6, 6.07) is 17.4. The van der Waals surface area contributed by atoms with Crippen LogP contribution in [0.2, 0.25) is 0 Å². The Balaban J connectivity index is 1.67. The lowest BCUT2D eigenvalue weighted by molar-refractivity contribution is -0.122. The first-order chi connectivity index (χ1) is 11.8. The zero-order valence-electron chi connectivity index (χ0n) is 13.6. The predicted octanol–water partition coefficient (Wildman–Crippen LogP) is 4.15. The number of nitrogens with one attached hydrogen (secondary N) is 1. The fraction of sp³-hybridized carbons (Fsp3) is 0.200. The highest BCUT2D eigenvalue weighted by Gasteiger charge is 2.18. The van der Waals surface area contributed by atoms with E-state index in [4.69, 9.17) is 4.42 Å².